The summed E-state index contributed by atoms with van der Waals surface area (Å²) in [6.07, 6.45) is 1.89. The summed E-state index contributed by atoms with van der Waals surface area (Å²) in [6.45, 7) is 2.44. The summed E-state index contributed by atoms with van der Waals surface area (Å²) in [5, 5.41) is 6.31. The fourth-order valence-electron chi connectivity index (χ4n) is 1.67. The Balaban J connectivity index is 1.75. The first kappa shape index (κ1) is 14.5. The molecular formula is C13H17N3O3S. The maximum atomic E-state index is 11.9. The number of benzene rings is 1. The van der Waals surface area contributed by atoms with Gasteiger partial charge in [0.1, 0.15) is 10.6 Å². The summed E-state index contributed by atoms with van der Waals surface area (Å²) >= 11 is 0. The first-order chi connectivity index (χ1) is 9.59. The number of ether oxygens (including phenoxy) is 1. The van der Waals surface area contributed by atoms with Gasteiger partial charge in [0.25, 0.3) is 0 Å². The van der Waals surface area contributed by atoms with Crippen LogP contribution >= 0.6 is 0 Å². The lowest BCUT2D eigenvalue weighted by atomic mass is 10.3. The predicted molar refractivity (Wildman–Crippen MR) is 75.1 cm³/mol. The molecule has 2 aromatic rings. The lowest BCUT2D eigenvalue weighted by Gasteiger charge is -2.07. The quantitative estimate of drug-likeness (QED) is 0.758. The molecular weight excluding hydrogens is 278 g/mol. The molecule has 0 aliphatic heterocycles. The summed E-state index contributed by atoms with van der Waals surface area (Å²) in [7, 11) is -3.49. The predicted octanol–water partition coefficient (Wildman–Crippen LogP) is 1.47. The topological polar surface area (TPSA) is 84.1 Å². The van der Waals surface area contributed by atoms with Gasteiger partial charge in [-0.05, 0) is 25.5 Å². The molecule has 0 bridgehead atoms. The van der Waals surface area contributed by atoms with E-state index in [1.807, 2.05) is 30.3 Å². The summed E-state index contributed by atoms with van der Waals surface area (Å²) in [6, 6.07) is 9.41. The number of aromatic amines is 1. The number of nitrogens with zero attached hydrogens (tertiary/aromatic N) is 1. The molecule has 0 saturated heterocycles. The highest BCUT2D eigenvalue weighted by molar-refractivity contribution is 7.89. The highest BCUT2D eigenvalue weighted by Gasteiger charge is 2.17. The zero-order valence-electron chi connectivity index (χ0n) is 11.2. The molecule has 0 atom stereocenters. The molecule has 1 aromatic heterocycles. The minimum Gasteiger partial charge on any atom is -0.494 e. The first-order valence-corrected chi connectivity index (χ1v) is 7.75. The molecule has 1 heterocycles. The van der Waals surface area contributed by atoms with Crippen molar-refractivity contribution in [2.45, 2.75) is 18.2 Å². The number of hydrogen-bond acceptors (Lipinski definition) is 4. The number of aromatic nitrogens is 2. The van der Waals surface area contributed by atoms with Gasteiger partial charge in [-0.1, -0.05) is 18.2 Å². The SMILES string of the molecule is Cc1[nH]ncc1S(=O)(=O)NCCCOc1ccccc1. The molecule has 20 heavy (non-hydrogen) atoms. The second-order valence-electron chi connectivity index (χ2n) is 4.27. The number of nitrogens with one attached hydrogen (secondary N) is 2. The van der Waals surface area contributed by atoms with Crippen LogP contribution in [0.5, 0.6) is 5.75 Å². The van der Waals surface area contributed by atoms with Crippen molar-refractivity contribution in [2.24, 2.45) is 0 Å². The molecule has 7 heteroatoms. The number of H-pyrrole nitrogens is 1. The second-order valence-corrected chi connectivity index (χ2v) is 6.01. The van der Waals surface area contributed by atoms with Crippen molar-refractivity contribution in [2.75, 3.05) is 13.2 Å². The van der Waals surface area contributed by atoms with Gasteiger partial charge < -0.3 is 4.74 Å². The second kappa shape index (κ2) is 6.53. The van der Waals surface area contributed by atoms with E-state index in [0.717, 1.165) is 5.75 Å². The number of sulfonamides is 1. The van der Waals surface area contributed by atoms with Crippen molar-refractivity contribution >= 4 is 10.0 Å². The largest absolute Gasteiger partial charge is 0.494 e. The maximum Gasteiger partial charge on any atom is 0.243 e. The summed E-state index contributed by atoms with van der Waals surface area (Å²) < 4.78 is 31.9. The monoisotopic (exact) mass is 295 g/mol. The van der Waals surface area contributed by atoms with E-state index in [9.17, 15) is 8.42 Å². The molecule has 0 radical (unpaired) electrons. The van der Waals surface area contributed by atoms with Gasteiger partial charge >= 0.3 is 0 Å². The molecule has 0 aliphatic carbocycles. The van der Waals surface area contributed by atoms with Crippen LogP contribution in [-0.4, -0.2) is 31.8 Å². The molecule has 0 aliphatic rings. The van der Waals surface area contributed by atoms with E-state index >= 15 is 0 Å². The van der Waals surface area contributed by atoms with Gasteiger partial charge in [0, 0.05) is 6.54 Å². The van der Waals surface area contributed by atoms with Crippen LogP contribution in [0, 0.1) is 6.92 Å². The normalized spacial score (nSPS) is 11.4. The molecule has 0 amide bonds. The third kappa shape index (κ3) is 3.82. The zero-order chi connectivity index (χ0) is 14.4. The van der Waals surface area contributed by atoms with Gasteiger partial charge in [0.05, 0.1) is 18.5 Å². The number of rotatable bonds is 7. The fraction of sp³-hybridized carbons (Fsp3) is 0.308. The van der Waals surface area contributed by atoms with E-state index in [2.05, 4.69) is 14.9 Å². The van der Waals surface area contributed by atoms with Crippen molar-refractivity contribution < 1.29 is 13.2 Å². The van der Waals surface area contributed by atoms with E-state index in [0.29, 0.717) is 25.3 Å². The van der Waals surface area contributed by atoms with E-state index in [-0.39, 0.29) is 4.90 Å². The minimum absolute atomic E-state index is 0.182. The van der Waals surface area contributed by atoms with Crippen LogP contribution in [0.25, 0.3) is 0 Å². The Morgan fingerprint density at radius 2 is 2.05 bits per heavy atom. The fourth-order valence-corrected chi connectivity index (χ4v) is 2.88. The zero-order valence-corrected chi connectivity index (χ0v) is 12.0. The number of aryl methyl sites for hydroxylation is 1. The van der Waals surface area contributed by atoms with Gasteiger partial charge in [0.15, 0.2) is 0 Å². The van der Waals surface area contributed by atoms with Crippen molar-refractivity contribution in [3.8, 4) is 5.75 Å². The molecule has 0 fully saturated rings. The Hall–Kier alpha value is -1.86. The van der Waals surface area contributed by atoms with Crippen LogP contribution in [-0.2, 0) is 10.0 Å². The minimum atomic E-state index is -3.49. The summed E-state index contributed by atoms with van der Waals surface area (Å²) in [5.41, 5.74) is 0.526. The molecule has 6 nitrogen and oxygen atoms in total. The summed E-state index contributed by atoms with van der Waals surface area (Å²) in [5.74, 6) is 0.779. The van der Waals surface area contributed by atoms with Gasteiger partial charge in [-0.15, -0.1) is 0 Å². The Morgan fingerprint density at radius 3 is 2.70 bits per heavy atom. The average molecular weight is 295 g/mol. The Labute approximate surface area is 118 Å². The molecule has 0 unspecified atom stereocenters. The Kier molecular flexibility index (Phi) is 4.75. The van der Waals surface area contributed by atoms with E-state index in [4.69, 9.17) is 4.74 Å². The molecule has 0 spiro atoms. The van der Waals surface area contributed by atoms with E-state index < -0.39 is 10.0 Å². The maximum absolute atomic E-state index is 11.9. The van der Waals surface area contributed by atoms with Crippen LogP contribution in [0.3, 0.4) is 0 Å². The Bertz CT molecular complexity index is 638. The highest BCUT2D eigenvalue weighted by atomic mass is 32.2. The lowest BCUT2D eigenvalue weighted by Crippen LogP contribution is -2.26. The van der Waals surface area contributed by atoms with Gasteiger partial charge in [0.2, 0.25) is 10.0 Å². The summed E-state index contributed by atoms with van der Waals surface area (Å²) in [4.78, 5) is 0.182. The average Bonchev–Trinajstić information content (AvgIpc) is 2.86. The standard InChI is InChI=1S/C13H17N3O3S/c1-11-13(10-14-16-11)20(17,18)15-8-5-9-19-12-6-3-2-4-7-12/h2-4,6-7,10,15H,5,8-9H2,1H3,(H,14,16). The van der Waals surface area contributed by atoms with Gasteiger partial charge in [-0.25, -0.2) is 13.1 Å². The van der Waals surface area contributed by atoms with Crippen molar-refractivity contribution in [3.05, 3.63) is 42.2 Å². The van der Waals surface area contributed by atoms with Gasteiger partial charge in [-0.2, -0.15) is 5.10 Å². The first-order valence-electron chi connectivity index (χ1n) is 6.27. The molecule has 1 aromatic carbocycles. The van der Waals surface area contributed by atoms with Crippen LogP contribution < -0.4 is 9.46 Å². The van der Waals surface area contributed by atoms with Gasteiger partial charge in [-0.3, -0.25) is 5.10 Å². The van der Waals surface area contributed by atoms with Crippen molar-refractivity contribution in [1.82, 2.24) is 14.9 Å². The lowest BCUT2D eigenvalue weighted by molar-refractivity contribution is 0.311. The highest BCUT2D eigenvalue weighted by Crippen LogP contribution is 2.11. The smallest absolute Gasteiger partial charge is 0.243 e. The molecule has 0 saturated carbocycles. The van der Waals surface area contributed by atoms with Crippen LogP contribution in [0.2, 0.25) is 0 Å². The van der Waals surface area contributed by atoms with Crippen LogP contribution in [0.15, 0.2) is 41.4 Å². The van der Waals surface area contributed by atoms with E-state index in [1.165, 1.54) is 6.20 Å². The number of para-hydroxylation sites is 1. The van der Waals surface area contributed by atoms with Crippen LogP contribution in [0.4, 0.5) is 0 Å². The number of hydrogen-bond donors (Lipinski definition) is 2. The van der Waals surface area contributed by atoms with Crippen LogP contribution in [0.1, 0.15) is 12.1 Å². The third-order valence-corrected chi connectivity index (χ3v) is 4.27. The van der Waals surface area contributed by atoms with Crippen molar-refractivity contribution in [1.29, 1.82) is 0 Å². The van der Waals surface area contributed by atoms with E-state index in [1.54, 1.807) is 6.92 Å². The Morgan fingerprint density at radius 1 is 1.30 bits per heavy atom. The molecule has 108 valence electrons. The molecule has 2 N–H and O–H groups in total. The van der Waals surface area contributed by atoms with Crippen molar-refractivity contribution in [3.63, 3.8) is 0 Å². The molecule has 2 rings (SSSR count). The third-order valence-electron chi connectivity index (χ3n) is 2.70.